The Morgan fingerprint density at radius 2 is 2.22 bits per heavy atom. The van der Waals surface area contributed by atoms with Crippen LogP contribution in [0.3, 0.4) is 0 Å². The van der Waals surface area contributed by atoms with E-state index in [0.717, 1.165) is 36.6 Å². The van der Waals surface area contributed by atoms with Gasteiger partial charge in [-0.1, -0.05) is 6.58 Å². The van der Waals surface area contributed by atoms with Crippen molar-refractivity contribution in [1.29, 1.82) is 0 Å². The number of carbonyl (C=O) groups is 1. The average Bonchev–Trinajstić information content (AvgIpc) is 3.00. The maximum Gasteiger partial charge on any atom is 0.248 e. The first-order valence-corrected chi connectivity index (χ1v) is 7.80. The summed E-state index contributed by atoms with van der Waals surface area (Å²) in [7, 11) is 1.94. The molecule has 1 fully saturated rings. The molecule has 1 amide bonds. The largest absolute Gasteiger partial charge is 0.338 e. The topological polar surface area (TPSA) is 63.9 Å². The van der Waals surface area contributed by atoms with Crippen LogP contribution in [0.2, 0.25) is 0 Å². The zero-order valence-corrected chi connectivity index (χ0v) is 13.6. The van der Waals surface area contributed by atoms with Crippen LogP contribution in [0.15, 0.2) is 36.9 Å². The number of imidazole rings is 1. The predicted molar refractivity (Wildman–Crippen MR) is 87.6 cm³/mol. The molecule has 0 bridgehead atoms. The summed E-state index contributed by atoms with van der Waals surface area (Å²) in [5.74, 6) is 1.03. The van der Waals surface area contributed by atoms with Crippen molar-refractivity contribution < 1.29 is 4.79 Å². The highest BCUT2D eigenvalue weighted by Gasteiger charge is 2.26. The molecule has 3 heterocycles. The summed E-state index contributed by atoms with van der Waals surface area (Å²) in [6.45, 7) is 6.97. The first-order valence-electron chi connectivity index (χ1n) is 7.80. The molecule has 0 N–H and O–H groups in total. The first-order chi connectivity index (χ1) is 11.1. The Morgan fingerprint density at radius 3 is 2.91 bits per heavy atom. The molecule has 6 nitrogen and oxygen atoms in total. The van der Waals surface area contributed by atoms with Crippen molar-refractivity contribution in [2.24, 2.45) is 7.05 Å². The first kappa shape index (κ1) is 15.4. The van der Waals surface area contributed by atoms with Gasteiger partial charge in [0.05, 0.1) is 11.9 Å². The smallest absolute Gasteiger partial charge is 0.248 e. The highest BCUT2D eigenvalue weighted by atomic mass is 16.2. The van der Waals surface area contributed by atoms with Gasteiger partial charge >= 0.3 is 0 Å². The summed E-state index contributed by atoms with van der Waals surface area (Å²) in [4.78, 5) is 27.4. The van der Waals surface area contributed by atoms with Crippen LogP contribution in [-0.2, 0) is 11.8 Å². The lowest BCUT2D eigenvalue weighted by molar-refractivity contribution is -0.128. The molecule has 1 saturated heterocycles. The number of carbonyl (C=O) groups excluding carboxylic acids is 1. The summed E-state index contributed by atoms with van der Waals surface area (Å²) in [5.41, 5.74) is 2.27. The Hall–Kier alpha value is -2.50. The van der Waals surface area contributed by atoms with Crippen molar-refractivity contribution in [1.82, 2.24) is 24.4 Å². The van der Waals surface area contributed by atoms with E-state index in [1.807, 2.05) is 22.7 Å². The molecule has 6 heteroatoms. The normalized spacial score (nSPS) is 18.0. The third-order valence-corrected chi connectivity index (χ3v) is 4.20. The van der Waals surface area contributed by atoms with Crippen LogP contribution < -0.4 is 0 Å². The second-order valence-electron chi connectivity index (χ2n) is 6.06. The van der Waals surface area contributed by atoms with Crippen LogP contribution in [0.4, 0.5) is 0 Å². The van der Waals surface area contributed by atoms with Crippen molar-refractivity contribution in [2.45, 2.75) is 25.7 Å². The van der Waals surface area contributed by atoms with Crippen molar-refractivity contribution in [3.8, 4) is 11.5 Å². The molecule has 2 aromatic heterocycles. The van der Waals surface area contributed by atoms with Gasteiger partial charge in [0, 0.05) is 50.2 Å². The second kappa shape index (κ2) is 6.32. The van der Waals surface area contributed by atoms with Gasteiger partial charge in [0.2, 0.25) is 5.91 Å². The van der Waals surface area contributed by atoms with Crippen molar-refractivity contribution in [3.05, 3.63) is 42.6 Å². The Bertz CT molecular complexity index is 736. The van der Waals surface area contributed by atoms with E-state index in [4.69, 9.17) is 4.98 Å². The highest BCUT2D eigenvalue weighted by molar-refractivity contribution is 5.92. The van der Waals surface area contributed by atoms with Gasteiger partial charge in [-0.3, -0.25) is 9.78 Å². The third-order valence-electron chi connectivity index (χ3n) is 4.20. The van der Waals surface area contributed by atoms with E-state index in [2.05, 4.69) is 16.5 Å². The number of hydrogen-bond acceptors (Lipinski definition) is 4. The highest BCUT2D eigenvalue weighted by Crippen LogP contribution is 2.27. The molecule has 1 atom stereocenters. The summed E-state index contributed by atoms with van der Waals surface area (Å²) in [6.07, 6.45) is 9.14. The molecule has 2 aromatic rings. The molecule has 0 radical (unpaired) electrons. The Morgan fingerprint density at radius 1 is 1.39 bits per heavy atom. The van der Waals surface area contributed by atoms with Gasteiger partial charge in [-0.2, -0.15) is 0 Å². The van der Waals surface area contributed by atoms with E-state index in [9.17, 15) is 4.79 Å². The number of piperidine rings is 1. The quantitative estimate of drug-likeness (QED) is 0.815. The molecule has 0 spiro atoms. The Kier molecular flexibility index (Phi) is 4.23. The minimum atomic E-state index is 0.0305. The fraction of sp³-hybridized carbons (Fsp3) is 0.412. The molecular weight excluding hydrogens is 290 g/mol. The summed E-state index contributed by atoms with van der Waals surface area (Å²) >= 11 is 0. The average molecular weight is 311 g/mol. The van der Waals surface area contributed by atoms with Crippen molar-refractivity contribution >= 4 is 5.91 Å². The molecule has 3 rings (SSSR count). The van der Waals surface area contributed by atoms with Gasteiger partial charge < -0.3 is 9.47 Å². The monoisotopic (exact) mass is 311 g/mol. The molecule has 0 aromatic carbocycles. The fourth-order valence-corrected chi connectivity index (χ4v) is 2.97. The van der Waals surface area contributed by atoms with E-state index in [1.165, 1.54) is 0 Å². The number of hydrogen-bond donors (Lipinski definition) is 0. The molecule has 120 valence electrons. The van der Waals surface area contributed by atoms with E-state index in [-0.39, 0.29) is 11.8 Å². The predicted octanol–water partition coefficient (Wildman–Crippen LogP) is 2.16. The van der Waals surface area contributed by atoms with Gasteiger partial charge in [0.15, 0.2) is 5.82 Å². The van der Waals surface area contributed by atoms with Crippen molar-refractivity contribution in [3.63, 3.8) is 0 Å². The van der Waals surface area contributed by atoms with E-state index in [1.54, 1.807) is 25.5 Å². The lowest BCUT2D eigenvalue weighted by Gasteiger charge is -2.32. The van der Waals surface area contributed by atoms with E-state index < -0.39 is 0 Å². The fourth-order valence-electron chi connectivity index (χ4n) is 2.97. The van der Waals surface area contributed by atoms with Crippen LogP contribution in [0.1, 0.15) is 31.4 Å². The molecule has 0 aliphatic carbocycles. The van der Waals surface area contributed by atoms with Crippen LogP contribution in [0.25, 0.3) is 11.5 Å². The van der Waals surface area contributed by atoms with Crippen molar-refractivity contribution in [2.75, 3.05) is 13.1 Å². The van der Waals surface area contributed by atoms with E-state index >= 15 is 0 Å². The van der Waals surface area contributed by atoms with Crippen LogP contribution in [0, 0.1) is 0 Å². The van der Waals surface area contributed by atoms with E-state index in [0.29, 0.717) is 12.1 Å². The SMILES string of the molecule is C=C(C)C(=O)N1CCCC(c2cncc(-c3nccn3C)n2)C1. The summed E-state index contributed by atoms with van der Waals surface area (Å²) in [5, 5.41) is 0. The maximum absolute atomic E-state index is 12.2. The lowest BCUT2D eigenvalue weighted by atomic mass is 9.94. The number of amides is 1. The second-order valence-corrected chi connectivity index (χ2v) is 6.06. The minimum Gasteiger partial charge on any atom is -0.338 e. The molecule has 1 aliphatic rings. The van der Waals surface area contributed by atoms with Gasteiger partial charge in [-0.05, 0) is 19.8 Å². The number of aryl methyl sites for hydroxylation is 1. The van der Waals surface area contributed by atoms with Gasteiger partial charge in [-0.25, -0.2) is 9.97 Å². The standard InChI is InChI=1S/C17H21N5O/c1-12(2)17(23)22-7-4-5-13(11-22)14-9-18-10-15(20-14)16-19-6-8-21(16)3/h6,8-10,13H,1,4-5,7,11H2,2-3H3. The number of aromatic nitrogens is 4. The van der Waals surface area contributed by atoms with Crippen LogP contribution >= 0.6 is 0 Å². The molecule has 1 unspecified atom stereocenters. The Balaban J connectivity index is 1.83. The molecule has 1 aliphatic heterocycles. The van der Waals surface area contributed by atoms with Crippen LogP contribution in [-0.4, -0.2) is 43.4 Å². The van der Waals surface area contributed by atoms with Gasteiger partial charge in [0.1, 0.15) is 5.69 Å². The molecule has 23 heavy (non-hydrogen) atoms. The number of likely N-dealkylation sites (tertiary alicyclic amines) is 1. The van der Waals surface area contributed by atoms with Gasteiger partial charge in [-0.15, -0.1) is 0 Å². The van der Waals surface area contributed by atoms with Gasteiger partial charge in [0.25, 0.3) is 0 Å². The zero-order valence-electron chi connectivity index (χ0n) is 13.6. The molecular formula is C17H21N5O. The minimum absolute atomic E-state index is 0.0305. The maximum atomic E-state index is 12.2. The number of nitrogens with zero attached hydrogens (tertiary/aromatic N) is 5. The summed E-state index contributed by atoms with van der Waals surface area (Å²) in [6, 6.07) is 0. The molecule has 0 saturated carbocycles. The van der Waals surface area contributed by atoms with Crippen LogP contribution in [0.5, 0.6) is 0 Å². The number of rotatable bonds is 3. The lowest BCUT2D eigenvalue weighted by Crippen LogP contribution is -2.39. The summed E-state index contributed by atoms with van der Waals surface area (Å²) < 4.78 is 1.92. The zero-order chi connectivity index (χ0) is 16.4. The third kappa shape index (κ3) is 3.16. The Labute approximate surface area is 135 Å².